The largest absolute Gasteiger partial charge is 0.330 e. The third-order valence-corrected chi connectivity index (χ3v) is 4.70. The van der Waals surface area contributed by atoms with Crippen LogP contribution in [0.15, 0.2) is 40.2 Å². The van der Waals surface area contributed by atoms with Crippen molar-refractivity contribution in [2.75, 3.05) is 6.54 Å². The van der Waals surface area contributed by atoms with Crippen molar-refractivity contribution >= 4 is 27.3 Å². The van der Waals surface area contributed by atoms with Crippen LogP contribution in [0, 0.1) is 6.92 Å². The van der Waals surface area contributed by atoms with Crippen LogP contribution in [0.2, 0.25) is 0 Å². The van der Waals surface area contributed by atoms with Crippen LogP contribution in [0.1, 0.15) is 21.9 Å². The highest BCUT2D eigenvalue weighted by Crippen LogP contribution is 2.27. The van der Waals surface area contributed by atoms with Gasteiger partial charge in [0.25, 0.3) is 0 Å². The normalized spacial score (nSPS) is 12.6. The molecule has 0 bridgehead atoms. The van der Waals surface area contributed by atoms with E-state index in [4.69, 9.17) is 5.73 Å². The summed E-state index contributed by atoms with van der Waals surface area (Å²) in [4.78, 5) is 1.38. The van der Waals surface area contributed by atoms with E-state index in [0.717, 1.165) is 10.9 Å². The van der Waals surface area contributed by atoms with Crippen LogP contribution < -0.4 is 5.73 Å². The van der Waals surface area contributed by atoms with Gasteiger partial charge in [0.2, 0.25) is 0 Å². The molecule has 1 aromatic carbocycles. The first-order valence-electron chi connectivity index (χ1n) is 5.69. The molecule has 2 N–H and O–H groups in total. The Hall–Kier alpha value is -0.640. The van der Waals surface area contributed by atoms with Crippen LogP contribution in [0.25, 0.3) is 0 Å². The van der Waals surface area contributed by atoms with Gasteiger partial charge in [-0.05, 0) is 53.0 Å². The Morgan fingerprint density at radius 1 is 1.35 bits per heavy atom. The Morgan fingerprint density at radius 3 is 2.71 bits per heavy atom. The Kier molecular flexibility index (Phi) is 4.37. The monoisotopic (exact) mass is 309 g/mol. The molecule has 1 aromatic heterocycles. The smallest absolute Gasteiger partial charge is 0.0285 e. The molecule has 0 radical (unpaired) electrons. The minimum atomic E-state index is 0.418. The second kappa shape index (κ2) is 5.80. The number of aryl methyl sites for hydroxylation is 1. The highest BCUT2D eigenvalue weighted by molar-refractivity contribution is 9.10. The molecule has 0 fully saturated rings. The van der Waals surface area contributed by atoms with Gasteiger partial charge in [-0.15, -0.1) is 11.3 Å². The highest BCUT2D eigenvalue weighted by atomic mass is 79.9. The molecular formula is C14H16BrNS. The van der Waals surface area contributed by atoms with Gasteiger partial charge in [0.15, 0.2) is 0 Å². The number of halogens is 1. The fourth-order valence-electron chi connectivity index (χ4n) is 2.07. The SMILES string of the molecule is Cc1ccccc1C(CN)Cc1cc(Br)cs1. The third-order valence-electron chi connectivity index (χ3n) is 2.98. The number of hydrogen-bond acceptors (Lipinski definition) is 2. The average molecular weight is 310 g/mol. The Labute approximate surface area is 115 Å². The predicted molar refractivity (Wildman–Crippen MR) is 78.7 cm³/mol. The summed E-state index contributed by atoms with van der Waals surface area (Å²) >= 11 is 5.29. The van der Waals surface area contributed by atoms with Gasteiger partial charge in [0.1, 0.15) is 0 Å². The van der Waals surface area contributed by atoms with E-state index >= 15 is 0 Å². The molecule has 0 aliphatic rings. The topological polar surface area (TPSA) is 26.0 Å². The van der Waals surface area contributed by atoms with Crippen molar-refractivity contribution in [3.05, 3.63) is 56.2 Å². The average Bonchev–Trinajstić information content (AvgIpc) is 2.73. The lowest BCUT2D eigenvalue weighted by Gasteiger charge is -2.16. The summed E-state index contributed by atoms with van der Waals surface area (Å²) in [6.07, 6.45) is 1.03. The Morgan fingerprint density at radius 2 is 2.12 bits per heavy atom. The van der Waals surface area contributed by atoms with Gasteiger partial charge in [-0.3, -0.25) is 0 Å². The zero-order chi connectivity index (χ0) is 12.3. The number of nitrogens with two attached hydrogens (primary N) is 1. The van der Waals surface area contributed by atoms with Crippen LogP contribution in [0.5, 0.6) is 0 Å². The number of rotatable bonds is 4. The molecule has 17 heavy (non-hydrogen) atoms. The van der Waals surface area contributed by atoms with E-state index in [-0.39, 0.29) is 0 Å². The molecule has 0 aliphatic heterocycles. The molecule has 2 aromatic rings. The fourth-order valence-corrected chi connectivity index (χ4v) is 3.60. The number of benzene rings is 1. The minimum Gasteiger partial charge on any atom is -0.330 e. The van der Waals surface area contributed by atoms with Crippen molar-refractivity contribution < 1.29 is 0 Å². The lowest BCUT2D eigenvalue weighted by Crippen LogP contribution is -2.15. The van der Waals surface area contributed by atoms with Crippen molar-refractivity contribution in [1.82, 2.24) is 0 Å². The van der Waals surface area contributed by atoms with Gasteiger partial charge in [-0.25, -0.2) is 0 Å². The van der Waals surface area contributed by atoms with E-state index in [2.05, 4.69) is 58.6 Å². The van der Waals surface area contributed by atoms with E-state index < -0.39 is 0 Å². The van der Waals surface area contributed by atoms with Crippen molar-refractivity contribution in [2.24, 2.45) is 5.73 Å². The molecule has 1 nitrogen and oxygen atoms in total. The maximum atomic E-state index is 5.92. The minimum absolute atomic E-state index is 0.418. The summed E-state index contributed by atoms with van der Waals surface area (Å²) < 4.78 is 1.16. The summed E-state index contributed by atoms with van der Waals surface area (Å²) in [6, 6.07) is 10.7. The van der Waals surface area contributed by atoms with Crippen LogP contribution in [0.4, 0.5) is 0 Å². The van der Waals surface area contributed by atoms with Crippen molar-refractivity contribution in [3.8, 4) is 0 Å². The van der Waals surface area contributed by atoms with Crippen LogP contribution in [0.3, 0.4) is 0 Å². The zero-order valence-electron chi connectivity index (χ0n) is 9.82. The van der Waals surface area contributed by atoms with Crippen LogP contribution in [-0.2, 0) is 6.42 Å². The predicted octanol–water partition coefficient (Wildman–Crippen LogP) is 4.10. The Bertz CT molecular complexity index is 492. The lowest BCUT2D eigenvalue weighted by molar-refractivity contribution is 0.696. The molecule has 1 atom stereocenters. The van der Waals surface area contributed by atoms with E-state index in [9.17, 15) is 0 Å². The second-order valence-corrected chi connectivity index (χ2v) is 6.14. The summed E-state index contributed by atoms with van der Waals surface area (Å²) in [5.41, 5.74) is 8.63. The van der Waals surface area contributed by atoms with Crippen LogP contribution in [-0.4, -0.2) is 6.54 Å². The number of thiophene rings is 1. The highest BCUT2D eigenvalue weighted by Gasteiger charge is 2.13. The van der Waals surface area contributed by atoms with E-state index in [1.165, 1.54) is 16.0 Å². The fraction of sp³-hybridized carbons (Fsp3) is 0.286. The van der Waals surface area contributed by atoms with E-state index in [1.54, 1.807) is 11.3 Å². The van der Waals surface area contributed by atoms with Gasteiger partial charge >= 0.3 is 0 Å². The van der Waals surface area contributed by atoms with Gasteiger partial charge in [0, 0.05) is 20.6 Å². The van der Waals surface area contributed by atoms with E-state index in [1.807, 2.05) is 0 Å². The maximum Gasteiger partial charge on any atom is 0.0285 e. The van der Waals surface area contributed by atoms with Crippen molar-refractivity contribution in [2.45, 2.75) is 19.3 Å². The molecule has 2 rings (SSSR count). The molecule has 90 valence electrons. The second-order valence-electron chi connectivity index (χ2n) is 4.22. The zero-order valence-corrected chi connectivity index (χ0v) is 12.2. The molecule has 1 unspecified atom stereocenters. The van der Waals surface area contributed by atoms with E-state index in [0.29, 0.717) is 12.5 Å². The lowest BCUT2D eigenvalue weighted by atomic mass is 9.92. The summed E-state index contributed by atoms with van der Waals surface area (Å²) in [7, 11) is 0. The van der Waals surface area contributed by atoms with Gasteiger partial charge in [-0.1, -0.05) is 24.3 Å². The summed E-state index contributed by atoms with van der Waals surface area (Å²) in [5, 5.41) is 2.13. The molecule has 0 aliphatic carbocycles. The van der Waals surface area contributed by atoms with Crippen molar-refractivity contribution in [1.29, 1.82) is 0 Å². The maximum absolute atomic E-state index is 5.92. The van der Waals surface area contributed by atoms with Gasteiger partial charge < -0.3 is 5.73 Å². The Balaban J connectivity index is 2.20. The van der Waals surface area contributed by atoms with Crippen LogP contribution >= 0.6 is 27.3 Å². The van der Waals surface area contributed by atoms with Gasteiger partial charge in [0.05, 0.1) is 0 Å². The van der Waals surface area contributed by atoms with Gasteiger partial charge in [-0.2, -0.15) is 0 Å². The summed E-state index contributed by atoms with van der Waals surface area (Å²) in [6.45, 7) is 2.85. The molecule has 1 heterocycles. The molecule has 3 heteroatoms. The first-order valence-corrected chi connectivity index (χ1v) is 7.36. The molecule has 0 saturated heterocycles. The molecular weight excluding hydrogens is 294 g/mol. The first kappa shape index (κ1) is 12.8. The third kappa shape index (κ3) is 3.18. The first-order chi connectivity index (χ1) is 8.20. The molecule has 0 spiro atoms. The number of hydrogen-bond donors (Lipinski definition) is 1. The molecule has 0 amide bonds. The standard InChI is InChI=1S/C14H16BrNS/c1-10-4-2-3-5-14(10)11(8-16)6-13-7-12(15)9-17-13/h2-5,7,9,11H,6,8,16H2,1H3. The summed E-state index contributed by atoms with van der Waals surface area (Å²) in [5.74, 6) is 0.418. The quantitative estimate of drug-likeness (QED) is 0.904. The van der Waals surface area contributed by atoms with Crippen molar-refractivity contribution in [3.63, 3.8) is 0 Å². The molecule has 0 saturated carbocycles.